The predicted octanol–water partition coefficient (Wildman–Crippen LogP) is 4.55. The maximum absolute atomic E-state index is 13.7. The molecule has 0 saturated carbocycles. The summed E-state index contributed by atoms with van der Waals surface area (Å²) >= 11 is 0. The molecule has 1 aliphatic heterocycles. The molecule has 0 spiro atoms. The summed E-state index contributed by atoms with van der Waals surface area (Å²) in [4.78, 5) is 21.7. The van der Waals surface area contributed by atoms with Gasteiger partial charge in [-0.05, 0) is 36.2 Å². The lowest BCUT2D eigenvalue weighted by atomic mass is 9.97. The average molecular weight is 375 g/mol. The maximum atomic E-state index is 13.7. The van der Waals surface area contributed by atoms with Crippen LogP contribution in [-0.4, -0.2) is 27.3 Å². The van der Waals surface area contributed by atoms with Crippen LogP contribution in [0, 0.1) is 11.7 Å². The van der Waals surface area contributed by atoms with Gasteiger partial charge >= 0.3 is 0 Å². The highest BCUT2D eigenvalue weighted by atomic mass is 19.1. The van der Waals surface area contributed by atoms with E-state index in [0.717, 1.165) is 34.1 Å². The number of hydrogen-bond donors (Lipinski definition) is 2. The van der Waals surface area contributed by atoms with Crippen molar-refractivity contribution in [2.24, 2.45) is 5.92 Å². The molecule has 0 saturated heterocycles. The Balaban J connectivity index is 1.37. The van der Waals surface area contributed by atoms with E-state index in [1.807, 2.05) is 36.2 Å². The summed E-state index contributed by atoms with van der Waals surface area (Å²) in [5, 5.41) is 2.06. The van der Waals surface area contributed by atoms with Gasteiger partial charge in [-0.2, -0.15) is 0 Å². The van der Waals surface area contributed by atoms with Gasteiger partial charge in [0.2, 0.25) is 5.91 Å². The van der Waals surface area contributed by atoms with Crippen molar-refractivity contribution in [3.8, 4) is 0 Å². The summed E-state index contributed by atoms with van der Waals surface area (Å²) in [5.41, 5.74) is 5.37. The van der Waals surface area contributed by atoms with Gasteiger partial charge < -0.3 is 14.9 Å². The highest BCUT2D eigenvalue weighted by Gasteiger charge is 2.27. The zero-order chi connectivity index (χ0) is 19.3. The van der Waals surface area contributed by atoms with E-state index in [9.17, 15) is 9.18 Å². The van der Waals surface area contributed by atoms with Crippen LogP contribution < -0.4 is 0 Å². The Bertz CT molecular complexity index is 1190. The molecule has 1 amide bonds. The normalized spacial score (nSPS) is 15.1. The first-order valence-corrected chi connectivity index (χ1v) is 9.73. The van der Waals surface area contributed by atoms with E-state index in [2.05, 4.69) is 16.0 Å². The average Bonchev–Trinajstić information content (AvgIpc) is 3.28. The number of hydrogen-bond acceptors (Lipinski definition) is 1. The number of H-pyrrole nitrogens is 2. The number of amides is 1. The lowest BCUT2D eigenvalue weighted by Crippen LogP contribution is -2.39. The fourth-order valence-electron chi connectivity index (χ4n) is 4.40. The minimum atomic E-state index is -0.245. The Morgan fingerprint density at radius 2 is 2.04 bits per heavy atom. The van der Waals surface area contributed by atoms with Gasteiger partial charge in [0.15, 0.2) is 0 Å². The molecule has 0 bridgehead atoms. The molecule has 4 nitrogen and oxygen atoms in total. The van der Waals surface area contributed by atoms with Crippen molar-refractivity contribution in [2.45, 2.75) is 26.3 Å². The smallest absolute Gasteiger partial charge is 0.226 e. The van der Waals surface area contributed by atoms with Crippen LogP contribution in [0.1, 0.15) is 23.7 Å². The molecule has 2 N–H and O–H groups in total. The lowest BCUT2D eigenvalue weighted by Gasteiger charge is -2.29. The predicted molar refractivity (Wildman–Crippen MR) is 109 cm³/mol. The Hall–Kier alpha value is -3.08. The topological polar surface area (TPSA) is 51.9 Å². The number of aromatic amines is 2. The third-order valence-corrected chi connectivity index (χ3v) is 5.87. The zero-order valence-corrected chi connectivity index (χ0v) is 15.8. The van der Waals surface area contributed by atoms with Crippen LogP contribution in [0.4, 0.5) is 4.39 Å². The molecule has 5 rings (SSSR count). The minimum Gasteiger partial charge on any atom is -0.361 e. The monoisotopic (exact) mass is 375 g/mol. The zero-order valence-electron chi connectivity index (χ0n) is 15.8. The number of aromatic nitrogens is 2. The van der Waals surface area contributed by atoms with E-state index in [0.29, 0.717) is 19.5 Å². The highest BCUT2D eigenvalue weighted by molar-refractivity contribution is 5.87. The maximum Gasteiger partial charge on any atom is 0.226 e. The van der Waals surface area contributed by atoms with E-state index < -0.39 is 0 Å². The van der Waals surface area contributed by atoms with Gasteiger partial charge in [-0.3, -0.25) is 4.79 Å². The van der Waals surface area contributed by atoms with Crippen LogP contribution in [0.3, 0.4) is 0 Å². The van der Waals surface area contributed by atoms with Crippen LogP contribution in [0.2, 0.25) is 0 Å². The number of nitrogens with zero attached hydrogens (tertiary/aromatic N) is 1. The number of carbonyl (C=O) groups excluding carboxylic acids is 1. The van der Waals surface area contributed by atoms with Gasteiger partial charge in [-0.25, -0.2) is 4.39 Å². The first-order chi connectivity index (χ1) is 13.6. The van der Waals surface area contributed by atoms with Gasteiger partial charge in [0.25, 0.3) is 0 Å². The minimum absolute atomic E-state index is 0.109. The number of rotatable bonds is 3. The van der Waals surface area contributed by atoms with E-state index >= 15 is 0 Å². The van der Waals surface area contributed by atoms with Crippen molar-refractivity contribution >= 4 is 27.7 Å². The fourth-order valence-corrected chi connectivity index (χ4v) is 4.40. The van der Waals surface area contributed by atoms with Crippen molar-refractivity contribution in [3.63, 3.8) is 0 Å². The summed E-state index contributed by atoms with van der Waals surface area (Å²) in [7, 11) is 0. The molecule has 4 aromatic rings. The van der Waals surface area contributed by atoms with Crippen LogP contribution >= 0.6 is 0 Å². The molecule has 0 unspecified atom stereocenters. The summed E-state index contributed by atoms with van der Waals surface area (Å²) in [6.45, 7) is 3.23. The van der Waals surface area contributed by atoms with Gasteiger partial charge in [0.05, 0.1) is 0 Å². The van der Waals surface area contributed by atoms with Gasteiger partial charge in [0, 0.05) is 64.7 Å². The van der Waals surface area contributed by atoms with Crippen molar-refractivity contribution in [3.05, 3.63) is 71.3 Å². The molecule has 0 fully saturated rings. The molecule has 0 radical (unpaired) electrons. The molecule has 142 valence electrons. The van der Waals surface area contributed by atoms with Gasteiger partial charge in [0.1, 0.15) is 5.82 Å². The quantitative estimate of drug-likeness (QED) is 0.542. The Labute approximate surface area is 162 Å². The standard InChI is InChI=1S/C23H22FN3O/c1-14(10-15-12-25-20-5-3-2-4-17(15)20)23(28)27-9-8-22-19(13-27)18-11-16(24)6-7-21(18)26-22/h2-7,11-12,14,25-26H,8-10,13H2,1H3/t14-/m0/s1. The van der Waals surface area contributed by atoms with Crippen LogP contribution in [0.5, 0.6) is 0 Å². The van der Waals surface area contributed by atoms with Crippen molar-refractivity contribution in [1.82, 2.24) is 14.9 Å². The third-order valence-electron chi connectivity index (χ3n) is 5.87. The molecular formula is C23H22FN3O. The fraction of sp³-hybridized carbons (Fsp3) is 0.261. The summed E-state index contributed by atoms with van der Waals surface area (Å²) in [6.07, 6.45) is 3.48. The number of benzene rings is 2. The Morgan fingerprint density at radius 1 is 1.18 bits per heavy atom. The van der Waals surface area contributed by atoms with E-state index in [4.69, 9.17) is 0 Å². The van der Waals surface area contributed by atoms with E-state index in [1.54, 1.807) is 12.1 Å². The lowest BCUT2D eigenvalue weighted by molar-refractivity contribution is -0.135. The summed E-state index contributed by atoms with van der Waals surface area (Å²) < 4.78 is 13.7. The van der Waals surface area contributed by atoms with E-state index in [-0.39, 0.29) is 17.6 Å². The molecular weight excluding hydrogens is 353 g/mol. The number of halogens is 1. The molecule has 0 aliphatic carbocycles. The van der Waals surface area contributed by atoms with Crippen LogP contribution in [0.25, 0.3) is 21.8 Å². The largest absolute Gasteiger partial charge is 0.361 e. The second kappa shape index (κ2) is 6.51. The summed E-state index contributed by atoms with van der Waals surface area (Å²) in [5.74, 6) is -0.199. The summed E-state index contributed by atoms with van der Waals surface area (Å²) in [6, 6.07) is 13.0. The second-order valence-electron chi connectivity index (χ2n) is 7.75. The van der Waals surface area contributed by atoms with Gasteiger partial charge in [-0.15, -0.1) is 0 Å². The number of nitrogens with one attached hydrogen (secondary N) is 2. The first kappa shape index (κ1) is 17.0. The van der Waals surface area contributed by atoms with Crippen LogP contribution in [-0.2, 0) is 24.2 Å². The van der Waals surface area contributed by atoms with Gasteiger partial charge in [-0.1, -0.05) is 25.1 Å². The molecule has 28 heavy (non-hydrogen) atoms. The van der Waals surface area contributed by atoms with Crippen LogP contribution in [0.15, 0.2) is 48.7 Å². The molecule has 1 atom stereocenters. The molecule has 2 aromatic heterocycles. The Kier molecular flexibility index (Phi) is 3.97. The third kappa shape index (κ3) is 2.78. The van der Waals surface area contributed by atoms with Crippen molar-refractivity contribution < 1.29 is 9.18 Å². The molecule has 1 aliphatic rings. The number of fused-ring (bicyclic) bond motifs is 4. The SMILES string of the molecule is C[C@@H](Cc1c[nH]c2ccccc12)C(=O)N1CCc2[nH]c3ccc(F)cc3c2C1. The first-order valence-electron chi connectivity index (χ1n) is 9.73. The van der Waals surface area contributed by atoms with Crippen molar-refractivity contribution in [2.75, 3.05) is 6.54 Å². The van der Waals surface area contributed by atoms with Crippen molar-refractivity contribution in [1.29, 1.82) is 0 Å². The highest BCUT2D eigenvalue weighted by Crippen LogP contribution is 2.29. The van der Waals surface area contributed by atoms with E-state index in [1.165, 1.54) is 17.0 Å². The second-order valence-corrected chi connectivity index (χ2v) is 7.75. The molecule has 3 heterocycles. The number of para-hydroxylation sites is 1. The molecule has 2 aromatic carbocycles. The Morgan fingerprint density at radius 3 is 2.93 bits per heavy atom. The number of carbonyl (C=O) groups is 1. The molecule has 5 heteroatoms.